The maximum Gasteiger partial charge on any atom is 0.294 e. The Morgan fingerprint density at radius 3 is 2.79 bits per heavy atom. The van der Waals surface area contributed by atoms with Crippen molar-refractivity contribution in [2.75, 3.05) is 5.32 Å². The third-order valence-corrected chi connectivity index (χ3v) is 5.66. The number of rotatable bonds is 2. The van der Waals surface area contributed by atoms with Crippen LogP contribution in [0.15, 0.2) is 51.1 Å². The third-order valence-electron chi connectivity index (χ3n) is 5.20. The number of fused-ring (bicyclic) bond motifs is 4. The third kappa shape index (κ3) is 2.85. The van der Waals surface area contributed by atoms with Gasteiger partial charge in [-0.1, -0.05) is 34.1 Å². The lowest BCUT2D eigenvalue weighted by Gasteiger charge is -2.12. The molecule has 0 saturated carbocycles. The van der Waals surface area contributed by atoms with E-state index in [1.165, 1.54) is 17.0 Å². The fourth-order valence-corrected chi connectivity index (χ4v) is 4.37. The molecule has 1 aliphatic carbocycles. The molecular weight excluding hydrogens is 438 g/mol. The fourth-order valence-electron chi connectivity index (χ4n) is 3.92. The molecule has 144 valence electrons. The number of nitrogens with one attached hydrogen (secondary N) is 2. The van der Waals surface area contributed by atoms with Gasteiger partial charge < -0.3 is 10.3 Å². The molecule has 0 radical (unpaired) electrons. The molecule has 0 bridgehead atoms. The Balaban J connectivity index is 1.61. The van der Waals surface area contributed by atoms with Gasteiger partial charge in [0, 0.05) is 27.0 Å². The second-order valence-corrected chi connectivity index (χ2v) is 7.85. The topological polar surface area (TPSA) is 113 Å². The van der Waals surface area contributed by atoms with E-state index in [0.717, 1.165) is 36.2 Å². The van der Waals surface area contributed by atoms with Gasteiger partial charge in [-0.3, -0.25) is 14.9 Å². The molecule has 8 nitrogen and oxygen atoms in total. The summed E-state index contributed by atoms with van der Waals surface area (Å²) in [6.45, 7) is 0. The van der Waals surface area contributed by atoms with Crippen molar-refractivity contribution in [1.29, 1.82) is 0 Å². The van der Waals surface area contributed by atoms with Crippen molar-refractivity contribution in [3.8, 4) is 0 Å². The normalized spacial score (nSPS) is 18.2. The van der Waals surface area contributed by atoms with Gasteiger partial charge in [0.1, 0.15) is 5.69 Å². The second-order valence-electron chi connectivity index (χ2n) is 6.93. The number of nitro benzene ring substituents is 1. The Morgan fingerprint density at radius 2 is 1.97 bits per heavy atom. The molecule has 0 saturated heterocycles. The summed E-state index contributed by atoms with van der Waals surface area (Å²) >= 11 is 3.26. The van der Waals surface area contributed by atoms with Crippen LogP contribution in [0.25, 0.3) is 10.9 Å². The first kappa shape index (κ1) is 17.7. The predicted octanol–water partition coefficient (Wildman–Crippen LogP) is 4.32. The summed E-state index contributed by atoms with van der Waals surface area (Å²) < 4.78 is 0.496. The number of amides is 1. The number of hydrogen-bond donors (Lipinski definition) is 2. The van der Waals surface area contributed by atoms with Gasteiger partial charge in [0.2, 0.25) is 0 Å². The summed E-state index contributed by atoms with van der Waals surface area (Å²) in [5, 5.41) is 23.6. The molecule has 2 N–H and O–H groups in total. The number of carbonyl (C=O) groups excluding carboxylic acids is 1. The number of anilines is 1. The van der Waals surface area contributed by atoms with Crippen LogP contribution in [-0.2, 0) is 11.2 Å². The summed E-state index contributed by atoms with van der Waals surface area (Å²) in [5.74, 6) is -0.502. The van der Waals surface area contributed by atoms with Crippen LogP contribution in [0.1, 0.15) is 29.7 Å². The number of para-hydroxylation sites is 1. The molecule has 2 aromatic carbocycles. The maximum absolute atomic E-state index is 12.4. The zero-order valence-electron chi connectivity index (χ0n) is 15.0. The van der Waals surface area contributed by atoms with Gasteiger partial charge in [-0.2, -0.15) is 5.10 Å². The number of benzene rings is 2. The highest BCUT2D eigenvalue weighted by Crippen LogP contribution is 2.36. The quantitative estimate of drug-likeness (QED) is 0.446. The highest BCUT2D eigenvalue weighted by molar-refractivity contribution is 9.10. The SMILES string of the molecule is O=C1Nc2c(cc(Br)cc2[N+](=O)[O-])/C1=N\N=C1CCCc2c1[nH]c1ccccc21. The number of hydrogen-bond acceptors (Lipinski definition) is 5. The largest absolute Gasteiger partial charge is 0.353 e. The Bertz CT molecular complexity index is 1270. The van der Waals surface area contributed by atoms with E-state index in [-0.39, 0.29) is 17.1 Å². The van der Waals surface area contributed by atoms with Crippen molar-refractivity contribution in [2.45, 2.75) is 19.3 Å². The highest BCUT2D eigenvalue weighted by Gasteiger charge is 2.33. The van der Waals surface area contributed by atoms with Gasteiger partial charge >= 0.3 is 0 Å². The molecule has 2 heterocycles. The first-order valence-corrected chi connectivity index (χ1v) is 9.86. The van der Waals surface area contributed by atoms with Gasteiger partial charge in [-0.25, -0.2) is 0 Å². The molecule has 29 heavy (non-hydrogen) atoms. The molecule has 0 atom stereocenters. The Kier molecular flexibility index (Phi) is 4.06. The Morgan fingerprint density at radius 1 is 1.14 bits per heavy atom. The minimum Gasteiger partial charge on any atom is -0.353 e. The van der Waals surface area contributed by atoms with Crippen LogP contribution in [0.5, 0.6) is 0 Å². The van der Waals surface area contributed by atoms with Crippen LogP contribution in [0.3, 0.4) is 0 Å². The Labute approximate surface area is 173 Å². The summed E-state index contributed by atoms with van der Waals surface area (Å²) in [4.78, 5) is 26.6. The van der Waals surface area contributed by atoms with Crippen molar-refractivity contribution in [1.82, 2.24) is 4.98 Å². The zero-order chi connectivity index (χ0) is 20.1. The monoisotopic (exact) mass is 451 g/mol. The lowest BCUT2D eigenvalue weighted by Crippen LogP contribution is -2.15. The minimum atomic E-state index is -0.531. The van der Waals surface area contributed by atoms with Crippen LogP contribution < -0.4 is 5.32 Å². The van der Waals surface area contributed by atoms with Crippen molar-refractivity contribution in [3.05, 3.63) is 67.8 Å². The highest BCUT2D eigenvalue weighted by atomic mass is 79.9. The van der Waals surface area contributed by atoms with Gasteiger partial charge in [0.15, 0.2) is 5.71 Å². The molecule has 9 heteroatoms. The number of carbonyl (C=O) groups is 1. The van der Waals surface area contributed by atoms with Crippen molar-refractivity contribution in [2.24, 2.45) is 10.2 Å². The van der Waals surface area contributed by atoms with Crippen molar-refractivity contribution in [3.63, 3.8) is 0 Å². The first-order chi connectivity index (χ1) is 14.0. The summed E-state index contributed by atoms with van der Waals surface area (Å²) in [7, 11) is 0. The van der Waals surface area contributed by atoms with Gasteiger partial charge in [0.25, 0.3) is 11.6 Å². The zero-order valence-corrected chi connectivity index (χ0v) is 16.6. The van der Waals surface area contributed by atoms with Crippen molar-refractivity contribution >= 4 is 55.5 Å². The van der Waals surface area contributed by atoms with Gasteiger partial charge in [-0.15, -0.1) is 5.10 Å². The molecule has 1 aromatic heterocycles. The molecule has 0 fully saturated rings. The molecule has 0 spiro atoms. The molecular formula is C20H14BrN5O3. The maximum atomic E-state index is 12.4. The van der Waals surface area contributed by atoms with Crippen LogP contribution >= 0.6 is 15.9 Å². The standard InChI is InChI=1S/C20H14BrN5O3/c21-10-8-13-18(16(9-10)26(28)29)23-20(27)19(13)25-24-15-7-3-5-12-11-4-1-2-6-14(11)22-17(12)15/h1-2,4,6,8-9,22H,3,5,7H2,(H,23,25,27). The molecule has 2 aliphatic rings. The van der Waals surface area contributed by atoms with E-state index >= 15 is 0 Å². The van der Waals surface area contributed by atoms with E-state index < -0.39 is 10.8 Å². The van der Waals surface area contributed by atoms with E-state index in [9.17, 15) is 14.9 Å². The number of aromatic amines is 1. The molecule has 0 unspecified atom stereocenters. The van der Waals surface area contributed by atoms with E-state index in [1.54, 1.807) is 6.07 Å². The second kappa shape index (κ2) is 6.63. The number of nitrogens with zero attached hydrogens (tertiary/aromatic N) is 3. The average Bonchev–Trinajstić information content (AvgIpc) is 3.23. The minimum absolute atomic E-state index is 0.0696. The summed E-state index contributed by atoms with van der Waals surface area (Å²) in [6, 6.07) is 11.1. The van der Waals surface area contributed by atoms with Crippen molar-refractivity contribution < 1.29 is 9.72 Å². The molecule has 1 amide bonds. The number of nitro groups is 1. The van der Waals surface area contributed by atoms with Crippen LogP contribution in [0.4, 0.5) is 11.4 Å². The lowest BCUT2D eigenvalue weighted by molar-refractivity contribution is -0.384. The van der Waals surface area contributed by atoms with E-state index in [1.807, 2.05) is 18.2 Å². The Hall–Kier alpha value is -3.33. The van der Waals surface area contributed by atoms with E-state index in [0.29, 0.717) is 10.0 Å². The molecule has 5 rings (SSSR count). The van der Waals surface area contributed by atoms with E-state index in [4.69, 9.17) is 0 Å². The van der Waals surface area contributed by atoms with Gasteiger partial charge in [-0.05, 0) is 37.0 Å². The van der Waals surface area contributed by atoms with Gasteiger partial charge in [0.05, 0.1) is 16.3 Å². The fraction of sp³-hybridized carbons (Fsp3) is 0.150. The predicted molar refractivity (Wildman–Crippen MR) is 114 cm³/mol. The van der Waals surface area contributed by atoms with E-state index in [2.05, 4.69) is 42.5 Å². The van der Waals surface area contributed by atoms with Crippen LogP contribution in [0.2, 0.25) is 0 Å². The van der Waals surface area contributed by atoms with Crippen LogP contribution in [0, 0.1) is 10.1 Å². The average molecular weight is 452 g/mol. The lowest BCUT2D eigenvalue weighted by atomic mass is 9.94. The summed E-state index contributed by atoms with van der Waals surface area (Å²) in [6.07, 6.45) is 2.64. The first-order valence-electron chi connectivity index (χ1n) is 9.07. The number of halogens is 1. The molecule has 3 aromatic rings. The summed E-state index contributed by atoms with van der Waals surface area (Å²) in [5.41, 5.74) is 4.38. The smallest absolute Gasteiger partial charge is 0.294 e. The number of aromatic nitrogens is 1. The van der Waals surface area contributed by atoms with Crippen LogP contribution in [-0.4, -0.2) is 27.2 Å². The number of aryl methyl sites for hydroxylation is 1. The molecule has 1 aliphatic heterocycles. The number of H-pyrrole nitrogens is 1.